The summed E-state index contributed by atoms with van der Waals surface area (Å²) in [5.74, 6) is 0. The molecule has 0 amide bonds. The molecule has 0 spiro atoms. The molecule has 2 nitrogen and oxygen atoms in total. The lowest BCUT2D eigenvalue weighted by Gasteiger charge is -2.19. The maximum atomic E-state index is 9.65. The summed E-state index contributed by atoms with van der Waals surface area (Å²) in [7, 11) is 0. The van der Waals surface area contributed by atoms with Crippen LogP contribution >= 0.6 is 0 Å². The topological polar surface area (TPSA) is 40.5 Å². The lowest BCUT2D eigenvalue weighted by atomic mass is 9.86. The van der Waals surface area contributed by atoms with Crippen molar-refractivity contribution in [3.05, 3.63) is 35.4 Å². The van der Waals surface area contributed by atoms with Crippen molar-refractivity contribution in [3.63, 3.8) is 0 Å². The van der Waals surface area contributed by atoms with E-state index < -0.39 is 6.10 Å². The van der Waals surface area contributed by atoms with Crippen LogP contribution in [0.25, 0.3) is 0 Å². The molecule has 1 atom stereocenters. The van der Waals surface area contributed by atoms with Crippen molar-refractivity contribution in [2.75, 3.05) is 6.61 Å². The molecule has 15 heavy (non-hydrogen) atoms. The minimum Gasteiger partial charge on any atom is -0.396 e. The summed E-state index contributed by atoms with van der Waals surface area (Å²) < 4.78 is 0. The van der Waals surface area contributed by atoms with Crippen LogP contribution in [0.1, 0.15) is 44.4 Å². The van der Waals surface area contributed by atoms with Crippen molar-refractivity contribution < 1.29 is 10.2 Å². The van der Waals surface area contributed by atoms with Crippen LogP contribution in [-0.4, -0.2) is 16.8 Å². The van der Waals surface area contributed by atoms with Crippen LogP contribution in [0.5, 0.6) is 0 Å². The van der Waals surface area contributed by atoms with Gasteiger partial charge < -0.3 is 10.2 Å². The molecule has 1 rings (SSSR count). The minimum atomic E-state index is -0.552. The molecule has 0 heterocycles. The molecule has 0 aromatic heterocycles. The highest BCUT2D eigenvalue weighted by atomic mass is 16.3. The molecule has 0 aliphatic carbocycles. The number of aliphatic hydroxyl groups is 2. The molecular formula is C13H20O2. The van der Waals surface area contributed by atoms with E-state index in [1.165, 1.54) is 5.56 Å². The molecule has 84 valence electrons. The van der Waals surface area contributed by atoms with Crippen LogP contribution in [0.2, 0.25) is 0 Å². The van der Waals surface area contributed by atoms with Crippen LogP contribution in [0, 0.1) is 0 Å². The van der Waals surface area contributed by atoms with Gasteiger partial charge in [0.05, 0.1) is 6.10 Å². The average molecular weight is 208 g/mol. The maximum Gasteiger partial charge on any atom is 0.0811 e. The van der Waals surface area contributed by atoms with Crippen molar-refractivity contribution in [1.82, 2.24) is 0 Å². The smallest absolute Gasteiger partial charge is 0.0811 e. The zero-order chi connectivity index (χ0) is 11.5. The van der Waals surface area contributed by atoms with Crippen molar-refractivity contribution in [2.24, 2.45) is 0 Å². The molecule has 0 aliphatic rings. The van der Waals surface area contributed by atoms with Crippen molar-refractivity contribution in [1.29, 1.82) is 0 Å². The first-order valence-corrected chi connectivity index (χ1v) is 5.34. The number of hydrogen-bond donors (Lipinski definition) is 2. The van der Waals surface area contributed by atoms with Gasteiger partial charge in [-0.2, -0.15) is 0 Å². The quantitative estimate of drug-likeness (QED) is 0.800. The number of rotatable bonds is 3. The zero-order valence-electron chi connectivity index (χ0n) is 9.70. The van der Waals surface area contributed by atoms with Gasteiger partial charge in [-0.1, -0.05) is 45.0 Å². The SMILES string of the molecule is CC(C)(C)c1ccc([C@@H](O)CCO)cc1. The molecule has 1 aromatic rings. The lowest BCUT2D eigenvalue weighted by Crippen LogP contribution is -2.11. The fourth-order valence-electron chi connectivity index (χ4n) is 1.49. The standard InChI is InChI=1S/C13H20O2/c1-13(2,3)11-6-4-10(5-7-11)12(15)8-9-14/h4-7,12,14-15H,8-9H2,1-3H3/t12-/m0/s1. The summed E-state index contributed by atoms with van der Waals surface area (Å²) >= 11 is 0. The molecule has 0 radical (unpaired) electrons. The Bertz CT molecular complexity index is 295. The van der Waals surface area contributed by atoms with E-state index >= 15 is 0 Å². The Morgan fingerprint density at radius 1 is 1.13 bits per heavy atom. The Morgan fingerprint density at radius 3 is 2.07 bits per heavy atom. The lowest BCUT2D eigenvalue weighted by molar-refractivity contribution is 0.134. The van der Waals surface area contributed by atoms with E-state index in [9.17, 15) is 5.11 Å². The van der Waals surface area contributed by atoms with Gasteiger partial charge >= 0.3 is 0 Å². The van der Waals surface area contributed by atoms with Crippen LogP contribution in [0.3, 0.4) is 0 Å². The third-order valence-electron chi connectivity index (χ3n) is 2.56. The van der Waals surface area contributed by atoms with Crippen molar-refractivity contribution in [3.8, 4) is 0 Å². The molecular weight excluding hydrogens is 188 g/mol. The van der Waals surface area contributed by atoms with Crippen LogP contribution in [-0.2, 0) is 5.41 Å². The van der Waals surface area contributed by atoms with E-state index in [0.717, 1.165) is 5.56 Å². The Balaban J connectivity index is 2.81. The van der Waals surface area contributed by atoms with E-state index in [0.29, 0.717) is 6.42 Å². The third-order valence-corrected chi connectivity index (χ3v) is 2.56. The fourth-order valence-corrected chi connectivity index (χ4v) is 1.49. The summed E-state index contributed by atoms with van der Waals surface area (Å²) in [4.78, 5) is 0. The molecule has 0 aliphatic heterocycles. The fraction of sp³-hybridized carbons (Fsp3) is 0.538. The van der Waals surface area contributed by atoms with Gasteiger partial charge in [0.25, 0.3) is 0 Å². The second-order valence-electron chi connectivity index (χ2n) is 4.90. The average Bonchev–Trinajstić information content (AvgIpc) is 2.17. The second-order valence-corrected chi connectivity index (χ2v) is 4.90. The highest BCUT2D eigenvalue weighted by Gasteiger charge is 2.14. The second kappa shape index (κ2) is 4.77. The highest BCUT2D eigenvalue weighted by Crippen LogP contribution is 2.24. The number of benzene rings is 1. The molecule has 1 aromatic carbocycles. The van der Waals surface area contributed by atoms with Gasteiger partial charge in [-0.15, -0.1) is 0 Å². The Hall–Kier alpha value is -0.860. The van der Waals surface area contributed by atoms with Gasteiger partial charge in [-0.25, -0.2) is 0 Å². The Kier molecular flexibility index (Phi) is 3.89. The summed E-state index contributed by atoms with van der Waals surface area (Å²) in [5, 5.41) is 18.4. The summed E-state index contributed by atoms with van der Waals surface area (Å²) in [6.07, 6.45) is -0.154. The third kappa shape index (κ3) is 3.33. The Morgan fingerprint density at radius 2 is 1.67 bits per heavy atom. The normalized spacial score (nSPS) is 13.9. The molecule has 0 fully saturated rings. The van der Waals surface area contributed by atoms with E-state index in [1.54, 1.807) is 0 Å². The van der Waals surface area contributed by atoms with Crippen molar-refractivity contribution in [2.45, 2.75) is 38.7 Å². The number of hydrogen-bond acceptors (Lipinski definition) is 2. The van der Waals surface area contributed by atoms with Crippen LogP contribution in [0.4, 0.5) is 0 Å². The Labute approximate surface area is 91.6 Å². The van der Waals surface area contributed by atoms with E-state index in [1.807, 2.05) is 24.3 Å². The molecule has 0 saturated carbocycles. The predicted molar refractivity (Wildman–Crippen MR) is 61.8 cm³/mol. The van der Waals surface area contributed by atoms with Gasteiger partial charge in [-0.05, 0) is 16.5 Å². The first kappa shape index (κ1) is 12.2. The summed E-state index contributed by atoms with van der Waals surface area (Å²) in [5.41, 5.74) is 2.26. The predicted octanol–water partition coefficient (Wildman–Crippen LogP) is 2.40. The molecule has 0 saturated heterocycles. The zero-order valence-corrected chi connectivity index (χ0v) is 9.70. The van der Waals surface area contributed by atoms with Gasteiger partial charge in [0.1, 0.15) is 0 Å². The van der Waals surface area contributed by atoms with Crippen LogP contribution < -0.4 is 0 Å². The molecule has 0 unspecified atom stereocenters. The molecule has 2 N–H and O–H groups in total. The van der Waals surface area contributed by atoms with Crippen LogP contribution in [0.15, 0.2) is 24.3 Å². The number of aliphatic hydroxyl groups excluding tert-OH is 2. The van der Waals surface area contributed by atoms with Gasteiger partial charge in [-0.3, -0.25) is 0 Å². The summed E-state index contributed by atoms with van der Waals surface area (Å²) in [6.45, 7) is 6.49. The summed E-state index contributed by atoms with van der Waals surface area (Å²) in [6, 6.07) is 7.94. The van der Waals surface area contributed by atoms with Crippen molar-refractivity contribution >= 4 is 0 Å². The molecule has 2 heteroatoms. The van der Waals surface area contributed by atoms with E-state index in [4.69, 9.17) is 5.11 Å². The first-order chi connectivity index (χ1) is 6.95. The monoisotopic (exact) mass is 208 g/mol. The highest BCUT2D eigenvalue weighted by molar-refractivity contribution is 5.28. The van der Waals surface area contributed by atoms with Gasteiger partial charge in [0, 0.05) is 13.0 Å². The van der Waals surface area contributed by atoms with E-state index in [-0.39, 0.29) is 12.0 Å². The van der Waals surface area contributed by atoms with E-state index in [2.05, 4.69) is 20.8 Å². The largest absolute Gasteiger partial charge is 0.396 e. The van der Waals surface area contributed by atoms with Gasteiger partial charge in [0.15, 0.2) is 0 Å². The van der Waals surface area contributed by atoms with Gasteiger partial charge in [0.2, 0.25) is 0 Å². The molecule has 0 bridgehead atoms. The first-order valence-electron chi connectivity index (χ1n) is 5.34. The minimum absolute atomic E-state index is 0.0161. The maximum absolute atomic E-state index is 9.65.